The molecule has 0 saturated carbocycles. The van der Waals surface area contributed by atoms with Crippen LogP contribution in [0.2, 0.25) is 10.0 Å². The molecule has 0 bridgehead atoms. The van der Waals surface area contributed by atoms with Crippen LogP contribution in [-0.2, 0) is 9.63 Å². The van der Waals surface area contributed by atoms with Crippen LogP contribution in [0.3, 0.4) is 0 Å². The Kier molecular flexibility index (Phi) is 3.72. The number of oxime groups is 1. The van der Waals surface area contributed by atoms with Gasteiger partial charge in [-0.1, -0.05) is 34.4 Å². The molecular formula is C11H6Cl3NO2. The topological polar surface area (TPSA) is 38.7 Å². The molecule has 0 saturated heterocycles. The third-order valence-corrected chi connectivity index (χ3v) is 3.10. The number of hydrogen-bond donors (Lipinski definition) is 0. The molecule has 0 aromatic heterocycles. The predicted molar refractivity (Wildman–Crippen MR) is 68.7 cm³/mol. The molecule has 1 aliphatic heterocycles. The van der Waals surface area contributed by atoms with Gasteiger partial charge in [0.05, 0.1) is 11.5 Å². The number of rotatable bonds is 2. The molecule has 6 heteroatoms. The first kappa shape index (κ1) is 12.4. The molecule has 0 fully saturated rings. The summed E-state index contributed by atoms with van der Waals surface area (Å²) in [6.45, 7) is 0. The van der Waals surface area contributed by atoms with Crippen molar-refractivity contribution in [2.75, 3.05) is 5.88 Å². The molecule has 17 heavy (non-hydrogen) atoms. The predicted octanol–water partition coefficient (Wildman–Crippen LogP) is 3.53. The van der Waals surface area contributed by atoms with Crippen molar-refractivity contribution < 1.29 is 9.63 Å². The summed E-state index contributed by atoms with van der Waals surface area (Å²) in [6, 6.07) is 5.07. The van der Waals surface area contributed by atoms with E-state index >= 15 is 0 Å². The summed E-state index contributed by atoms with van der Waals surface area (Å²) >= 11 is 17.6. The van der Waals surface area contributed by atoms with E-state index in [0.717, 1.165) is 0 Å². The first-order valence-electron chi connectivity index (χ1n) is 4.63. The highest BCUT2D eigenvalue weighted by Gasteiger charge is 2.25. The molecule has 0 amide bonds. The fourth-order valence-corrected chi connectivity index (χ4v) is 2.04. The van der Waals surface area contributed by atoms with E-state index in [0.29, 0.717) is 21.3 Å². The number of halogens is 3. The van der Waals surface area contributed by atoms with Gasteiger partial charge < -0.3 is 4.84 Å². The zero-order valence-electron chi connectivity index (χ0n) is 8.41. The molecule has 1 aliphatic rings. The average Bonchev–Trinajstić information content (AvgIpc) is 2.65. The fraction of sp³-hybridized carbons (Fsp3) is 0.0909. The zero-order chi connectivity index (χ0) is 12.4. The minimum Gasteiger partial charge on any atom is -0.312 e. The van der Waals surface area contributed by atoms with E-state index in [2.05, 4.69) is 9.99 Å². The van der Waals surface area contributed by atoms with Crippen molar-refractivity contribution in [1.82, 2.24) is 0 Å². The maximum absolute atomic E-state index is 11.4. The van der Waals surface area contributed by atoms with E-state index in [-0.39, 0.29) is 11.5 Å². The lowest BCUT2D eigenvalue weighted by atomic mass is 10.1. The van der Waals surface area contributed by atoms with E-state index in [4.69, 9.17) is 34.8 Å². The first-order valence-corrected chi connectivity index (χ1v) is 5.93. The van der Waals surface area contributed by atoms with Gasteiger partial charge in [0.15, 0.2) is 0 Å². The van der Waals surface area contributed by atoms with Crippen LogP contribution >= 0.6 is 34.8 Å². The average molecular weight is 291 g/mol. The summed E-state index contributed by atoms with van der Waals surface area (Å²) < 4.78 is 0. The highest BCUT2D eigenvalue weighted by Crippen LogP contribution is 2.28. The number of carbonyl (C=O) groups is 1. The van der Waals surface area contributed by atoms with Crippen molar-refractivity contribution in [3.63, 3.8) is 0 Å². The molecule has 2 rings (SSSR count). The van der Waals surface area contributed by atoms with Crippen molar-refractivity contribution in [3.05, 3.63) is 39.4 Å². The highest BCUT2D eigenvalue weighted by molar-refractivity contribution is 6.40. The number of benzene rings is 1. The molecule has 0 unspecified atom stereocenters. The van der Waals surface area contributed by atoms with Gasteiger partial charge in [-0.2, -0.15) is 0 Å². The third-order valence-electron chi connectivity index (χ3n) is 2.18. The Balaban J connectivity index is 2.49. The molecule has 0 aliphatic carbocycles. The highest BCUT2D eigenvalue weighted by atomic mass is 35.5. The molecule has 1 aromatic rings. The number of nitrogens with zero attached hydrogens (tertiary/aromatic N) is 1. The monoisotopic (exact) mass is 289 g/mol. The summed E-state index contributed by atoms with van der Waals surface area (Å²) in [5.41, 5.74) is 1.19. The number of alkyl halides is 1. The molecule has 0 spiro atoms. The zero-order valence-corrected chi connectivity index (χ0v) is 10.7. The Labute approximate surface area is 113 Å². The van der Waals surface area contributed by atoms with Crippen LogP contribution < -0.4 is 0 Å². The van der Waals surface area contributed by atoms with Crippen molar-refractivity contribution in [1.29, 1.82) is 0 Å². The van der Waals surface area contributed by atoms with Gasteiger partial charge >= 0.3 is 5.97 Å². The van der Waals surface area contributed by atoms with Gasteiger partial charge in [-0.05, 0) is 18.2 Å². The summed E-state index contributed by atoms with van der Waals surface area (Å²) in [7, 11) is 0. The molecule has 88 valence electrons. The van der Waals surface area contributed by atoms with Gasteiger partial charge in [0.2, 0.25) is 0 Å². The summed E-state index contributed by atoms with van der Waals surface area (Å²) in [5, 5.41) is 4.44. The van der Waals surface area contributed by atoms with Crippen LogP contribution in [0, 0.1) is 0 Å². The molecular weight excluding hydrogens is 284 g/mol. The van der Waals surface area contributed by atoms with Crippen molar-refractivity contribution in [2.24, 2.45) is 5.16 Å². The Morgan fingerprint density at radius 2 is 1.94 bits per heavy atom. The van der Waals surface area contributed by atoms with Crippen LogP contribution in [0.25, 0.3) is 6.08 Å². The summed E-state index contributed by atoms with van der Waals surface area (Å²) in [5.74, 6) is -0.476. The standard InChI is InChI=1S/C11H6Cl3NO2/c12-5-10-7(11(16)17-15-10)4-6-8(13)2-1-3-9(6)14/h1-4H,5H2. The quantitative estimate of drug-likeness (QED) is 0.475. The van der Waals surface area contributed by atoms with Crippen LogP contribution in [0.5, 0.6) is 0 Å². The van der Waals surface area contributed by atoms with Crippen LogP contribution in [0.1, 0.15) is 5.56 Å². The SMILES string of the molecule is O=C1ON=C(CCl)C1=Cc1c(Cl)cccc1Cl. The van der Waals surface area contributed by atoms with Gasteiger partial charge in [-0.3, -0.25) is 0 Å². The summed E-state index contributed by atoms with van der Waals surface area (Å²) in [6.07, 6.45) is 1.53. The second-order valence-electron chi connectivity index (χ2n) is 3.24. The van der Waals surface area contributed by atoms with Gasteiger partial charge in [0.1, 0.15) is 5.71 Å². The van der Waals surface area contributed by atoms with Crippen molar-refractivity contribution in [2.45, 2.75) is 0 Å². The van der Waals surface area contributed by atoms with Gasteiger partial charge in [0, 0.05) is 15.6 Å². The Hall–Kier alpha value is -1.03. The first-order chi connectivity index (χ1) is 8.13. The van der Waals surface area contributed by atoms with E-state index in [1.807, 2.05) is 0 Å². The van der Waals surface area contributed by atoms with Crippen LogP contribution in [0.15, 0.2) is 28.9 Å². The Morgan fingerprint density at radius 3 is 2.53 bits per heavy atom. The van der Waals surface area contributed by atoms with E-state index in [1.165, 1.54) is 6.08 Å². The minimum absolute atomic E-state index is 0.0830. The molecule has 0 N–H and O–H groups in total. The van der Waals surface area contributed by atoms with E-state index in [1.54, 1.807) is 18.2 Å². The van der Waals surface area contributed by atoms with E-state index < -0.39 is 5.97 Å². The second kappa shape index (κ2) is 5.08. The third kappa shape index (κ3) is 2.46. The molecule has 3 nitrogen and oxygen atoms in total. The maximum Gasteiger partial charge on any atom is 0.367 e. The smallest absolute Gasteiger partial charge is 0.312 e. The maximum atomic E-state index is 11.4. The largest absolute Gasteiger partial charge is 0.367 e. The lowest BCUT2D eigenvalue weighted by Crippen LogP contribution is -2.06. The fourth-order valence-electron chi connectivity index (χ4n) is 1.34. The van der Waals surface area contributed by atoms with Crippen LogP contribution in [-0.4, -0.2) is 17.6 Å². The molecule has 1 aromatic carbocycles. The number of carbonyl (C=O) groups excluding carboxylic acids is 1. The van der Waals surface area contributed by atoms with Gasteiger partial charge in [0.25, 0.3) is 0 Å². The molecule has 0 radical (unpaired) electrons. The molecule has 1 heterocycles. The van der Waals surface area contributed by atoms with Crippen molar-refractivity contribution in [3.8, 4) is 0 Å². The van der Waals surface area contributed by atoms with Gasteiger partial charge in [-0.25, -0.2) is 4.79 Å². The number of hydrogen-bond acceptors (Lipinski definition) is 3. The minimum atomic E-state index is -0.559. The molecule has 0 atom stereocenters. The second-order valence-corrected chi connectivity index (χ2v) is 4.33. The Morgan fingerprint density at radius 1 is 1.29 bits per heavy atom. The Bertz CT molecular complexity index is 517. The van der Waals surface area contributed by atoms with Crippen LogP contribution in [0.4, 0.5) is 0 Å². The lowest BCUT2D eigenvalue weighted by Gasteiger charge is -2.02. The van der Waals surface area contributed by atoms with E-state index in [9.17, 15) is 4.79 Å². The summed E-state index contributed by atoms with van der Waals surface area (Å²) in [4.78, 5) is 16.0. The van der Waals surface area contributed by atoms with Gasteiger partial charge in [-0.15, -0.1) is 11.6 Å². The van der Waals surface area contributed by atoms with Crippen molar-refractivity contribution >= 4 is 52.6 Å². The lowest BCUT2D eigenvalue weighted by molar-refractivity contribution is -0.136. The normalized spacial score (nSPS) is 17.2.